The van der Waals surface area contributed by atoms with E-state index < -0.39 is 5.60 Å². The van der Waals surface area contributed by atoms with Crippen LogP contribution in [0.2, 0.25) is 10.0 Å². The first kappa shape index (κ1) is 20.0. The molecule has 2 atom stereocenters. The molecule has 0 fully saturated rings. The van der Waals surface area contributed by atoms with Crippen LogP contribution in [0, 0.1) is 5.92 Å². The molecular formula is C21H25Cl2NO. The smallest absolute Gasteiger partial charge is 0.114 e. The fourth-order valence-electron chi connectivity index (χ4n) is 3.23. The number of rotatable bonds is 6. The lowest BCUT2D eigenvalue weighted by atomic mass is 9.76. The van der Waals surface area contributed by atoms with E-state index in [1.54, 1.807) is 0 Å². The molecule has 0 aliphatic carbocycles. The van der Waals surface area contributed by atoms with Crippen molar-refractivity contribution in [3.63, 3.8) is 0 Å². The largest absolute Gasteiger partial charge is 0.380 e. The quantitative estimate of drug-likeness (QED) is 0.719. The summed E-state index contributed by atoms with van der Waals surface area (Å²) in [5.74, 6) is -0.0236. The SMILES string of the molecule is C/C(=C/c1ccc(Cl)cc1)C(O)(c1cccc(Cl)c1)C(C)CN(C)C. The number of nitrogens with zero attached hydrogens (tertiary/aromatic N) is 1. The van der Waals surface area contributed by atoms with E-state index in [9.17, 15) is 5.11 Å². The summed E-state index contributed by atoms with van der Waals surface area (Å²) in [7, 11) is 4.01. The molecule has 0 aromatic heterocycles. The molecule has 0 bridgehead atoms. The molecular weight excluding hydrogens is 353 g/mol. The van der Waals surface area contributed by atoms with Gasteiger partial charge in [0.1, 0.15) is 5.60 Å². The minimum absolute atomic E-state index is 0.0236. The molecule has 134 valence electrons. The zero-order chi connectivity index (χ0) is 18.6. The molecule has 0 amide bonds. The van der Waals surface area contributed by atoms with Crippen LogP contribution in [-0.4, -0.2) is 30.6 Å². The van der Waals surface area contributed by atoms with E-state index in [0.29, 0.717) is 10.0 Å². The van der Waals surface area contributed by atoms with Crippen LogP contribution in [0.1, 0.15) is 25.0 Å². The Morgan fingerprint density at radius 3 is 2.32 bits per heavy atom. The van der Waals surface area contributed by atoms with E-state index in [2.05, 4.69) is 11.8 Å². The predicted octanol–water partition coefficient (Wildman–Crippen LogP) is 5.48. The second-order valence-electron chi connectivity index (χ2n) is 6.82. The van der Waals surface area contributed by atoms with Crippen molar-refractivity contribution in [2.45, 2.75) is 19.4 Å². The molecule has 0 spiro atoms. The highest BCUT2D eigenvalue weighted by atomic mass is 35.5. The number of hydrogen-bond donors (Lipinski definition) is 1. The molecule has 2 nitrogen and oxygen atoms in total. The molecule has 0 radical (unpaired) electrons. The maximum absolute atomic E-state index is 11.7. The van der Waals surface area contributed by atoms with Crippen molar-refractivity contribution in [1.82, 2.24) is 4.90 Å². The van der Waals surface area contributed by atoms with Gasteiger partial charge in [0.15, 0.2) is 0 Å². The lowest BCUT2D eigenvalue weighted by Gasteiger charge is -2.37. The van der Waals surface area contributed by atoms with Crippen molar-refractivity contribution in [1.29, 1.82) is 0 Å². The molecule has 2 rings (SSSR count). The van der Waals surface area contributed by atoms with Crippen molar-refractivity contribution in [2.75, 3.05) is 20.6 Å². The average Bonchev–Trinajstić information content (AvgIpc) is 2.55. The maximum atomic E-state index is 11.7. The van der Waals surface area contributed by atoms with Gasteiger partial charge in [-0.15, -0.1) is 0 Å². The molecule has 2 aromatic carbocycles. The average molecular weight is 378 g/mol. The third kappa shape index (κ3) is 4.86. The molecule has 1 N–H and O–H groups in total. The third-order valence-electron chi connectivity index (χ3n) is 4.47. The van der Waals surface area contributed by atoms with Gasteiger partial charge in [0, 0.05) is 22.5 Å². The lowest BCUT2D eigenvalue weighted by molar-refractivity contribution is 0.0105. The van der Waals surface area contributed by atoms with E-state index in [-0.39, 0.29) is 5.92 Å². The van der Waals surface area contributed by atoms with Crippen LogP contribution in [0.25, 0.3) is 6.08 Å². The summed E-state index contributed by atoms with van der Waals surface area (Å²) in [6.07, 6.45) is 2.00. The van der Waals surface area contributed by atoms with E-state index in [4.69, 9.17) is 23.2 Å². The second-order valence-corrected chi connectivity index (χ2v) is 7.69. The Balaban J connectivity index is 2.51. The van der Waals surface area contributed by atoms with Gasteiger partial charge in [0.05, 0.1) is 0 Å². The van der Waals surface area contributed by atoms with Gasteiger partial charge in [0.2, 0.25) is 0 Å². The minimum atomic E-state index is -1.12. The third-order valence-corrected chi connectivity index (χ3v) is 4.96. The summed E-state index contributed by atoms with van der Waals surface area (Å²) in [6, 6.07) is 15.1. The fourth-order valence-corrected chi connectivity index (χ4v) is 3.54. The molecule has 0 aliphatic heterocycles. The highest BCUT2D eigenvalue weighted by Crippen LogP contribution is 2.39. The summed E-state index contributed by atoms with van der Waals surface area (Å²) in [5, 5.41) is 13.0. The monoisotopic (exact) mass is 377 g/mol. The Kier molecular flexibility index (Phi) is 6.70. The summed E-state index contributed by atoms with van der Waals surface area (Å²) in [5.41, 5.74) is 1.55. The van der Waals surface area contributed by atoms with E-state index >= 15 is 0 Å². The molecule has 0 saturated heterocycles. The molecule has 25 heavy (non-hydrogen) atoms. The van der Waals surface area contributed by atoms with Crippen LogP contribution in [-0.2, 0) is 5.60 Å². The Morgan fingerprint density at radius 1 is 1.12 bits per heavy atom. The fraction of sp³-hybridized carbons (Fsp3) is 0.333. The van der Waals surface area contributed by atoms with Crippen molar-refractivity contribution < 1.29 is 5.11 Å². The molecule has 2 aromatic rings. The lowest BCUT2D eigenvalue weighted by Crippen LogP contribution is -2.40. The van der Waals surface area contributed by atoms with Gasteiger partial charge < -0.3 is 10.0 Å². The Bertz CT molecular complexity index is 740. The van der Waals surface area contributed by atoms with E-state index in [1.165, 1.54) is 0 Å². The van der Waals surface area contributed by atoms with Crippen LogP contribution < -0.4 is 0 Å². The zero-order valence-electron chi connectivity index (χ0n) is 15.1. The highest BCUT2D eigenvalue weighted by Gasteiger charge is 2.37. The summed E-state index contributed by atoms with van der Waals surface area (Å²) >= 11 is 12.2. The summed E-state index contributed by atoms with van der Waals surface area (Å²) in [4.78, 5) is 2.08. The van der Waals surface area contributed by atoms with E-state index in [0.717, 1.165) is 23.2 Å². The highest BCUT2D eigenvalue weighted by molar-refractivity contribution is 6.30. The van der Waals surface area contributed by atoms with Crippen LogP contribution in [0.3, 0.4) is 0 Å². The molecule has 0 heterocycles. The van der Waals surface area contributed by atoms with Gasteiger partial charge in [-0.25, -0.2) is 0 Å². The number of halogens is 2. The second kappa shape index (κ2) is 8.37. The Labute approximate surface area is 160 Å². The van der Waals surface area contributed by atoms with Gasteiger partial charge in [-0.05, 0) is 62.0 Å². The van der Waals surface area contributed by atoms with Crippen LogP contribution in [0.4, 0.5) is 0 Å². The van der Waals surface area contributed by atoms with Gasteiger partial charge in [-0.2, -0.15) is 0 Å². The zero-order valence-corrected chi connectivity index (χ0v) is 16.6. The van der Waals surface area contributed by atoms with Gasteiger partial charge in [0.25, 0.3) is 0 Å². The first-order chi connectivity index (χ1) is 11.7. The van der Waals surface area contributed by atoms with Crippen molar-refractivity contribution in [3.05, 3.63) is 75.3 Å². The molecule has 4 heteroatoms. The summed E-state index contributed by atoms with van der Waals surface area (Å²) in [6.45, 7) is 4.76. The van der Waals surface area contributed by atoms with Crippen LogP contribution in [0.5, 0.6) is 0 Å². The number of hydrogen-bond acceptors (Lipinski definition) is 2. The molecule has 0 aliphatic rings. The van der Waals surface area contributed by atoms with Crippen LogP contribution >= 0.6 is 23.2 Å². The summed E-state index contributed by atoms with van der Waals surface area (Å²) < 4.78 is 0. The standard InChI is InChI=1S/C21H25Cl2NO/c1-15(12-17-8-10-19(22)11-9-17)21(25,16(2)14-24(3)4)18-6-5-7-20(23)13-18/h5-13,16,25H,14H2,1-4H3/b15-12-. The first-order valence-electron chi connectivity index (χ1n) is 8.31. The first-order valence-corrected chi connectivity index (χ1v) is 9.06. The number of benzene rings is 2. The van der Waals surface area contributed by atoms with Crippen molar-refractivity contribution >= 4 is 29.3 Å². The minimum Gasteiger partial charge on any atom is -0.380 e. The van der Waals surface area contributed by atoms with E-state index in [1.807, 2.05) is 75.6 Å². The predicted molar refractivity (Wildman–Crippen MR) is 108 cm³/mol. The topological polar surface area (TPSA) is 23.5 Å². The van der Waals surface area contributed by atoms with Gasteiger partial charge in [-0.3, -0.25) is 0 Å². The van der Waals surface area contributed by atoms with Crippen molar-refractivity contribution in [3.8, 4) is 0 Å². The van der Waals surface area contributed by atoms with Gasteiger partial charge >= 0.3 is 0 Å². The van der Waals surface area contributed by atoms with Crippen molar-refractivity contribution in [2.24, 2.45) is 5.92 Å². The Morgan fingerprint density at radius 2 is 1.76 bits per heavy atom. The molecule has 2 unspecified atom stereocenters. The normalized spacial score (nSPS) is 15.9. The van der Waals surface area contributed by atoms with Crippen LogP contribution in [0.15, 0.2) is 54.1 Å². The number of aliphatic hydroxyl groups is 1. The maximum Gasteiger partial charge on any atom is 0.114 e. The Hall–Kier alpha value is -1.32. The van der Waals surface area contributed by atoms with Gasteiger partial charge in [-0.1, -0.05) is 60.5 Å². The molecule has 0 saturated carbocycles.